The zero-order valence-corrected chi connectivity index (χ0v) is 15.3. The van der Waals surface area contributed by atoms with Gasteiger partial charge in [0.05, 0.1) is 22.8 Å². The monoisotopic (exact) mass is 305 g/mol. The standard InChI is InChI=1S/C17H27NO2Si/c1-16(2,3)19-21(7,20-17(4,5)6)13-15-10-8-14(12-18)9-11-15/h8-11H,13H2,1-7H3. The van der Waals surface area contributed by atoms with Gasteiger partial charge in [-0.3, -0.25) is 0 Å². The Morgan fingerprint density at radius 3 is 1.71 bits per heavy atom. The molecule has 0 heterocycles. The van der Waals surface area contributed by atoms with Crippen molar-refractivity contribution in [2.24, 2.45) is 0 Å². The predicted molar refractivity (Wildman–Crippen MR) is 88.2 cm³/mol. The van der Waals surface area contributed by atoms with Crippen molar-refractivity contribution in [1.82, 2.24) is 0 Å². The Bertz CT molecular complexity index is 488. The highest BCUT2D eigenvalue weighted by Gasteiger charge is 2.39. The van der Waals surface area contributed by atoms with Crippen molar-refractivity contribution >= 4 is 8.56 Å². The number of rotatable bonds is 4. The van der Waals surface area contributed by atoms with E-state index in [1.807, 2.05) is 24.3 Å². The van der Waals surface area contributed by atoms with Gasteiger partial charge in [0.2, 0.25) is 0 Å². The van der Waals surface area contributed by atoms with Crippen LogP contribution in [-0.4, -0.2) is 19.8 Å². The molecule has 0 saturated carbocycles. The Morgan fingerprint density at radius 2 is 1.38 bits per heavy atom. The third-order valence-electron chi connectivity index (χ3n) is 2.65. The molecule has 0 aromatic heterocycles. The third kappa shape index (κ3) is 6.90. The Morgan fingerprint density at radius 1 is 0.952 bits per heavy atom. The van der Waals surface area contributed by atoms with Gasteiger partial charge >= 0.3 is 8.56 Å². The van der Waals surface area contributed by atoms with Gasteiger partial charge in [0.15, 0.2) is 0 Å². The summed E-state index contributed by atoms with van der Waals surface area (Å²) in [6.07, 6.45) is 0. The van der Waals surface area contributed by atoms with Crippen LogP contribution in [0.15, 0.2) is 24.3 Å². The van der Waals surface area contributed by atoms with Crippen LogP contribution in [0.1, 0.15) is 52.7 Å². The lowest BCUT2D eigenvalue weighted by molar-refractivity contribution is 0.0170. The first kappa shape index (κ1) is 17.9. The van der Waals surface area contributed by atoms with Gasteiger partial charge in [-0.05, 0) is 65.8 Å². The van der Waals surface area contributed by atoms with Crippen molar-refractivity contribution in [2.75, 3.05) is 0 Å². The lowest BCUT2D eigenvalue weighted by Crippen LogP contribution is -2.51. The van der Waals surface area contributed by atoms with Crippen LogP contribution in [-0.2, 0) is 14.9 Å². The molecule has 1 aromatic rings. The van der Waals surface area contributed by atoms with E-state index >= 15 is 0 Å². The molecule has 0 unspecified atom stereocenters. The normalized spacial score (nSPS) is 13.0. The van der Waals surface area contributed by atoms with Gasteiger partial charge in [0.25, 0.3) is 0 Å². The van der Waals surface area contributed by atoms with Crippen LogP contribution < -0.4 is 0 Å². The van der Waals surface area contributed by atoms with Gasteiger partial charge in [-0.15, -0.1) is 0 Å². The zero-order valence-electron chi connectivity index (χ0n) is 14.3. The maximum absolute atomic E-state index is 8.88. The summed E-state index contributed by atoms with van der Waals surface area (Å²) in [5.41, 5.74) is 1.35. The molecular weight excluding hydrogens is 278 g/mol. The van der Waals surface area contributed by atoms with Crippen LogP contribution in [0, 0.1) is 11.3 Å². The van der Waals surface area contributed by atoms with Crippen molar-refractivity contribution in [2.45, 2.75) is 65.3 Å². The van der Waals surface area contributed by atoms with Crippen LogP contribution in [0.3, 0.4) is 0 Å². The third-order valence-corrected chi connectivity index (χ3v) is 5.79. The van der Waals surface area contributed by atoms with Crippen LogP contribution in [0.25, 0.3) is 0 Å². The molecule has 0 atom stereocenters. The molecule has 4 heteroatoms. The molecule has 116 valence electrons. The molecule has 0 aliphatic carbocycles. The van der Waals surface area contributed by atoms with E-state index in [0.717, 1.165) is 11.6 Å². The topological polar surface area (TPSA) is 42.2 Å². The largest absolute Gasteiger partial charge is 0.389 e. The van der Waals surface area contributed by atoms with E-state index in [4.69, 9.17) is 14.1 Å². The van der Waals surface area contributed by atoms with Gasteiger partial charge in [0, 0.05) is 6.04 Å². The molecule has 0 saturated heterocycles. The number of benzene rings is 1. The van der Waals surface area contributed by atoms with E-state index in [1.165, 1.54) is 0 Å². The zero-order chi connectivity index (χ0) is 16.3. The van der Waals surface area contributed by atoms with Gasteiger partial charge in [-0.2, -0.15) is 5.26 Å². The molecule has 0 radical (unpaired) electrons. The van der Waals surface area contributed by atoms with E-state index in [0.29, 0.717) is 5.56 Å². The minimum absolute atomic E-state index is 0.237. The summed E-state index contributed by atoms with van der Waals surface area (Å²) in [6, 6.07) is 10.6. The van der Waals surface area contributed by atoms with Crippen molar-refractivity contribution in [1.29, 1.82) is 5.26 Å². The molecule has 0 fully saturated rings. The van der Waals surface area contributed by atoms with Crippen molar-refractivity contribution < 1.29 is 8.85 Å². The number of nitriles is 1. The van der Waals surface area contributed by atoms with Gasteiger partial charge in [-0.1, -0.05) is 12.1 Å². The second-order valence-electron chi connectivity index (χ2n) is 7.55. The summed E-state index contributed by atoms with van der Waals surface area (Å²) in [5, 5.41) is 8.88. The number of hydrogen-bond acceptors (Lipinski definition) is 3. The molecule has 0 aliphatic heterocycles. The summed E-state index contributed by atoms with van der Waals surface area (Å²) in [6.45, 7) is 14.5. The fraction of sp³-hybridized carbons (Fsp3) is 0.588. The molecule has 21 heavy (non-hydrogen) atoms. The van der Waals surface area contributed by atoms with Gasteiger partial charge in [0.1, 0.15) is 0 Å². The minimum Gasteiger partial charge on any atom is -0.389 e. The number of nitrogens with zero attached hydrogens (tertiary/aromatic N) is 1. The molecule has 3 nitrogen and oxygen atoms in total. The maximum atomic E-state index is 8.88. The second-order valence-corrected chi connectivity index (χ2v) is 10.6. The van der Waals surface area contributed by atoms with Crippen molar-refractivity contribution in [3.63, 3.8) is 0 Å². The first-order valence-electron chi connectivity index (χ1n) is 7.32. The molecular formula is C17H27NO2Si. The molecule has 1 rings (SSSR count). The van der Waals surface area contributed by atoms with E-state index in [-0.39, 0.29) is 11.2 Å². The lowest BCUT2D eigenvalue weighted by Gasteiger charge is -2.39. The summed E-state index contributed by atoms with van der Waals surface area (Å²) in [5.74, 6) is 0. The Kier molecular flexibility index (Phi) is 5.38. The molecule has 0 amide bonds. The quantitative estimate of drug-likeness (QED) is 0.777. The highest BCUT2D eigenvalue weighted by Crippen LogP contribution is 2.26. The second kappa shape index (κ2) is 6.31. The predicted octanol–water partition coefficient (Wildman–Crippen LogP) is 4.34. The molecule has 0 aliphatic rings. The van der Waals surface area contributed by atoms with Crippen LogP contribution in [0.2, 0.25) is 6.55 Å². The Balaban J connectivity index is 2.98. The molecule has 0 N–H and O–H groups in total. The first-order chi connectivity index (χ1) is 9.42. The SMILES string of the molecule is CC(C)(C)O[Si](C)(Cc1ccc(C#N)cc1)OC(C)(C)C. The van der Waals surface area contributed by atoms with Crippen LogP contribution >= 0.6 is 0 Å². The summed E-state index contributed by atoms with van der Waals surface area (Å²) < 4.78 is 12.6. The average Bonchev–Trinajstić information content (AvgIpc) is 2.24. The van der Waals surface area contributed by atoms with E-state index in [1.54, 1.807) is 0 Å². The fourth-order valence-electron chi connectivity index (χ4n) is 2.46. The van der Waals surface area contributed by atoms with Crippen molar-refractivity contribution in [3.05, 3.63) is 35.4 Å². The Hall–Kier alpha value is -1.15. The smallest absolute Gasteiger partial charge is 0.340 e. The van der Waals surface area contributed by atoms with Crippen molar-refractivity contribution in [3.8, 4) is 6.07 Å². The molecule has 0 bridgehead atoms. The number of hydrogen-bond donors (Lipinski definition) is 0. The highest BCUT2D eigenvalue weighted by molar-refractivity contribution is 6.65. The maximum Gasteiger partial charge on any atom is 0.340 e. The highest BCUT2D eigenvalue weighted by atomic mass is 28.4. The van der Waals surface area contributed by atoms with Gasteiger partial charge < -0.3 is 8.85 Å². The van der Waals surface area contributed by atoms with Crippen LogP contribution in [0.5, 0.6) is 0 Å². The molecule has 0 spiro atoms. The lowest BCUT2D eigenvalue weighted by atomic mass is 10.2. The average molecular weight is 305 g/mol. The Labute approximate surface area is 130 Å². The van der Waals surface area contributed by atoms with E-state index < -0.39 is 8.56 Å². The van der Waals surface area contributed by atoms with Gasteiger partial charge in [-0.25, -0.2) is 0 Å². The van der Waals surface area contributed by atoms with E-state index in [2.05, 4.69) is 54.2 Å². The minimum atomic E-state index is -2.37. The van der Waals surface area contributed by atoms with Crippen LogP contribution in [0.4, 0.5) is 0 Å². The summed E-state index contributed by atoms with van der Waals surface area (Å²) >= 11 is 0. The summed E-state index contributed by atoms with van der Waals surface area (Å²) in [7, 11) is -2.37. The molecule has 1 aromatic carbocycles. The first-order valence-corrected chi connectivity index (χ1v) is 9.84. The van der Waals surface area contributed by atoms with E-state index in [9.17, 15) is 0 Å². The fourth-order valence-corrected chi connectivity index (χ4v) is 6.21. The summed E-state index contributed by atoms with van der Waals surface area (Å²) in [4.78, 5) is 0.